The molecule has 104 valence electrons. The first-order valence-corrected chi connectivity index (χ1v) is 6.35. The van der Waals surface area contributed by atoms with Crippen molar-refractivity contribution in [1.82, 2.24) is 4.90 Å². The fourth-order valence-electron chi connectivity index (χ4n) is 2.22. The fourth-order valence-corrected chi connectivity index (χ4v) is 2.22. The van der Waals surface area contributed by atoms with Crippen LogP contribution in [0.15, 0.2) is 0 Å². The Morgan fingerprint density at radius 3 is 2.67 bits per heavy atom. The van der Waals surface area contributed by atoms with Crippen molar-refractivity contribution in [2.45, 2.75) is 44.2 Å². The molecular weight excluding hydrogens is 236 g/mol. The zero-order valence-electron chi connectivity index (χ0n) is 10.8. The number of rotatable bonds is 7. The number of carbonyl (C=O) groups is 2. The predicted molar refractivity (Wildman–Crippen MR) is 66.1 cm³/mol. The molecule has 0 bridgehead atoms. The largest absolute Gasteiger partial charge is 0.480 e. The molecule has 0 aromatic rings. The smallest absolute Gasteiger partial charge is 0.326 e. The number of carboxylic acid groups (broad SMARTS) is 1. The van der Waals surface area contributed by atoms with Crippen molar-refractivity contribution in [3.8, 4) is 0 Å². The highest BCUT2D eigenvalue weighted by Crippen LogP contribution is 2.21. The third kappa shape index (κ3) is 3.96. The van der Waals surface area contributed by atoms with Crippen LogP contribution in [0.3, 0.4) is 0 Å². The second-order valence-electron chi connectivity index (χ2n) is 4.59. The van der Waals surface area contributed by atoms with Crippen molar-refractivity contribution in [2.75, 3.05) is 20.2 Å². The molecule has 0 aromatic heterocycles. The van der Waals surface area contributed by atoms with E-state index in [0.717, 1.165) is 19.3 Å². The Kier molecular flexibility index (Phi) is 6.07. The number of amides is 1. The number of nitrogens with zero attached hydrogens (tertiary/aromatic N) is 1. The average Bonchev–Trinajstić information content (AvgIpc) is 2.78. The summed E-state index contributed by atoms with van der Waals surface area (Å²) in [5, 5.41) is 9.09. The van der Waals surface area contributed by atoms with Crippen molar-refractivity contribution < 1.29 is 19.4 Å². The van der Waals surface area contributed by atoms with Gasteiger partial charge in [-0.05, 0) is 19.4 Å². The molecule has 1 saturated heterocycles. The lowest BCUT2D eigenvalue weighted by atomic mass is 10.1. The second-order valence-corrected chi connectivity index (χ2v) is 4.59. The van der Waals surface area contributed by atoms with Crippen molar-refractivity contribution in [1.29, 1.82) is 0 Å². The van der Waals surface area contributed by atoms with Gasteiger partial charge in [-0.1, -0.05) is 6.42 Å². The molecule has 0 saturated carbocycles. The standard InChI is InChI=1S/C12H22N2O4/c1-18-9-7-10(12(16)17)14(8-9)11(15)5-3-2-4-6-13/h9-10H,2-8,13H2,1H3,(H,16,17). The van der Waals surface area contributed by atoms with Crippen LogP contribution in [0, 0.1) is 0 Å². The summed E-state index contributed by atoms with van der Waals surface area (Å²) in [4.78, 5) is 24.5. The summed E-state index contributed by atoms with van der Waals surface area (Å²) >= 11 is 0. The number of aliphatic carboxylic acids is 1. The summed E-state index contributed by atoms with van der Waals surface area (Å²) in [6.07, 6.45) is 3.16. The Balaban J connectivity index is 2.46. The maximum absolute atomic E-state index is 12.0. The molecule has 2 unspecified atom stereocenters. The summed E-state index contributed by atoms with van der Waals surface area (Å²) < 4.78 is 5.14. The van der Waals surface area contributed by atoms with Crippen molar-refractivity contribution >= 4 is 11.9 Å². The molecule has 1 heterocycles. The molecule has 1 aliphatic rings. The third-order valence-corrected chi connectivity index (χ3v) is 3.30. The summed E-state index contributed by atoms with van der Waals surface area (Å²) in [5.41, 5.74) is 5.38. The van der Waals surface area contributed by atoms with E-state index in [1.165, 1.54) is 4.90 Å². The van der Waals surface area contributed by atoms with E-state index in [1.807, 2.05) is 0 Å². The highest BCUT2D eigenvalue weighted by molar-refractivity contribution is 5.84. The number of unbranched alkanes of at least 4 members (excludes halogenated alkanes) is 2. The third-order valence-electron chi connectivity index (χ3n) is 3.30. The Bertz CT molecular complexity index is 296. The number of ether oxygens (including phenoxy) is 1. The Hall–Kier alpha value is -1.14. The number of methoxy groups -OCH3 is 1. The molecule has 3 N–H and O–H groups in total. The van der Waals surface area contributed by atoms with Crippen LogP contribution < -0.4 is 5.73 Å². The lowest BCUT2D eigenvalue weighted by molar-refractivity contribution is -0.148. The van der Waals surface area contributed by atoms with E-state index in [2.05, 4.69) is 0 Å². The number of carboxylic acids is 1. The van der Waals surface area contributed by atoms with Crippen molar-refractivity contribution in [2.24, 2.45) is 5.73 Å². The van der Waals surface area contributed by atoms with Gasteiger partial charge in [0.1, 0.15) is 6.04 Å². The van der Waals surface area contributed by atoms with Gasteiger partial charge in [-0.15, -0.1) is 0 Å². The van der Waals surface area contributed by atoms with Crippen molar-refractivity contribution in [3.63, 3.8) is 0 Å². The Morgan fingerprint density at radius 2 is 2.11 bits per heavy atom. The van der Waals surface area contributed by atoms with Crippen LogP contribution >= 0.6 is 0 Å². The van der Waals surface area contributed by atoms with Crippen LogP contribution in [0.2, 0.25) is 0 Å². The summed E-state index contributed by atoms with van der Waals surface area (Å²) in [7, 11) is 1.54. The molecule has 0 aromatic carbocycles. The molecule has 1 aliphatic heterocycles. The van der Waals surface area contributed by atoms with Crippen molar-refractivity contribution in [3.05, 3.63) is 0 Å². The summed E-state index contributed by atoms with van der Waals surface area (Å²) in [6.45, 7) is 1.00. The molecule has 2 atom stereocenters. The highest BCUT2D eigenvalue weighted by Gasteiger charge is 2.39. The zero-order chi connectivity index (χ0) is 13.5. The van der Waals surface area contributed by atoms with Gasteiger partial charge >= 0.3 is 5.97 Å². The number of hydrogen-bond acceptors (Lipinski definition) is 4. The zero-order valence-corrected chi connectivity index (χ0v) is 10.8. The van der Waals surface area contributed by atoms with Gasteiger partial charge < -0.3 is 20.5 Å². The molecular formula is C12H22N2O4. The summed E-state index contributed by atoms with van der Waals surface area (Å²) in [6, 6.07) is -0.739. The van der Waals surface area contributed by atoms with E-state index < -0.39 is 12.0 Å². The quantitative estimate of drug-likeness (QED) is 0.637. The molecule has 0 spiro atoms. The van der Waals surface area contributed by atoms with Gasteiger partial charge in [-0.3, -0.25) is 4.79 Å². The first-order chi connectivity index (χ1) is 8.60. The van der Waals surface area contributed by atoms with Crippen LogP contribution in [0.1, 0.15) is 32.1 Å². The maximum atomic E-state index is 12.0. The van der Waals surface area contributed by atoms with Gasteiger partial charge in [0.2, 0.25) is 5.91 Å². The molecule has 6 nitrogen and oxygen atoms in total. The lowest BCUT2D eigenvalue weighted by Gasteiger charge is -2.21. The number of nitrogens with two attached hydrogens (primary N) is 1. The van der Waals surface area contributed by atoms with Gasteiger partial charge in [0.25, 0.3) is 0 Å². The van der Waals surface area contributed by atoms with Gasteiger partial charge in [0.05, 0.1) is 6.10 Å². The number of likely N-dealkylation sites (tertiary alicyclic amines) is 1. The minimum Gasteiger partial charge on any atom is -0.480 e. The van der Waals surface area contributed by atoms with Gasteiger partial charge in [0, 0.05) is 26.5 Å². The van der Waals surface area contributed by atoms with E-state index in [1.54, 1.807) is 7.11 Å². The molecule has 6 heteroatoms. The number of hydrogen-bond donors (Lipinski definition) is 2. The van der Waals surface area contributed by atoms with Crippen LogP contribution in [0.4, 0.5) is 0 Å². The Morgan fingerprint density at radius 1 is 1.39 bits per heavy atom. The highest BCUT2D eigenvalue weighted by atomic mass is 16.5. The van der Waals surface area contributed by atoms with Gasteiger partial charge in [-0.25, -0.2) is 4.79 Å². The monoisotopic (exact) mass is 258 g/mol. The van der Waals surface area contributed by atoms with E-state index in [-0.39, 0.29) is 12.0 Å². The molecule has 1 amide bonds. The van der Waals surface area contributed by atoms with Crippen LogP contribution in [0.5, 0.6) is 0 Å². The minimum atomic E-state index is -0.954. The second kappa shape index (κ2) is 7.33. The Labute approximate surface area is 107 Å². The maximum Gasteiger partial charge on any atom is 0.326 e. The number of carbonyl (C=O) groups excluding carboxylic acids is 1. The normalized spacial score (nSPS) is 23.3. The molecule has 18 heavy (non-hydrogen) atoms. The lowest BCUT2D eigenvalue weighted by Crippen LogP contribution is -2.40. The predicted octanol–water partition coefficient (Wildman–Crippen LogP) is 0.206. The SMILES string of the molecule is COC1CC(C(=O)O)N(C(=O)CCCCCN)C1. The molecule has 0 radical (unpaired) electrons. The first kappa shape index (κ1) is 14.9. The fraction of sp³-hybridized carbons (Fsp3) is 0.833. The topological polar surface area (TPSA) is 92.9 Å². The molecule has 0 aliphatic carbocycles. The van der Waals surface area contributed by atoms with Crippen LogP contribution in [-0.4, -0.2) is 54.2 Å². The van der Waals surface area contributed by atoms with E-state index in [9.17, 15) is 9.59 Å². The first-order valence-electron chi connectivity index (χ1n) is 6.35. The van der Waals surface area contributed by atoms with Gasteiger partial charge in [-0.2, -0.15) is 0 Å². The van der Waals surface area contributed by atoms with E-state index in [4.69, 9.17) is 15.6 Å². The minimum absolute atomic E-state index is 0.0982. The van der Waals surface area contributed by atoms with E-state index in [0.29, 0.717) is 25.9 Å². The van der Waals surface area contributed by atoms with Gasteiger partial charge in [0.15, 0.2) is 0 Å². The van der Waals surface area contributed by atoms with Crippen LogP contribution in [0.25, 0.3) is 0 Å². The molecule has 1 rings (SSSR count). The summed E-state index contributed by atoms with van der Waals surface area (Å²) in [5.74, 6) is -1.05. The average molecular weight is 258 g/mol. The molecule has 1 fully saturated rings. The van der Waals surface area contributed by atoms with Crippen LogP contribution in [-0.2, 0) is 14.3 Å². The van der Waals surface area contributed by atoms with E-state index >= 15 is 0 Å².